The van der Waals surface area contributed by atoms with Gasteiger partial charge < -0.3 is 10.6 Å². The minimum atomic E-state index is -0.147. The summed E-state index contributed by atoms with van der Waals surface area (Å²) < 4.78 is 0. The first-order chi connectivity index (χ1) is 8.97. The molecule has 19 heavy (non-hydrogen) atoms. The molecule has 0 radical (unpaired) electrons. The highest BCUT2D eigenvalue weighted by Gasteiger charge is 2.12. The SMILES string of the molecule is CC(C)(C)NC(=O)CNCCCCc1ccccc1. The Morgan fingerprint density at radius 3 is 2.42 bits per heavy atom. The molecule has 0 fully saturated rings. The maximum Gasteiger partial charge on any atom is 0.234 e. The normalized spacial score (nSPS) is 11.3. The summed E-state index contributed by atoms with van der Waals surface area (Å²) in [5, 5.41) is 6.12. The first kappa shape index (κ1) is 15.7. The molecule has 3 heteroatoms. The molecule has 0 aliphatic heterocycles. The third kappa shape index (κ3) is 8.38. The van der Waals surface area contributed by atoms with Crippen molar-refractivity contribution in [2.24, 2.45) is 0 Å². The standard InChI is InChI=1S/C16H26N2O/c1-16(2,3)18-15(19)13-17-12-8-7-11-14-9-5-4-6-10-14/h4-6,9-10,17H,7-8,11-13H2,1-3H3,(H,18,19). The minimum absolute atomic E-state index is 0.0653. The van der Waals surface area contributed by atoms with Crippen molar-refractivity contribution in [2.75, 3.05) is 13.1 Å². The summed E-state index contributed by atoms with van der Waals surface area (Å²) in [6, 6.07) is 10.5. The van der Waals surface area contributed by atoms with Gasteiger partial charge in [0.2, 0.25) is 5.91 Å². The van der Waals surface area contributed by atoms with Crippen molar-refractivity contribution in [3.05, 3.63) is 35.9 Å². The van der Waals surface area contributed by atoms with Gasteiger partial charge in [0.25, 0.3) is 0 Å². The number of unbranched alkanes of at least 4 members (excludes halogenated alkanes) is 1. The van der Waals surface area contributed by atoms with E-state index in [4.69, 9.17) is 0 Å². The minimum Gasteiger partial charge on any atom is -0.350 e. The van der Waals surface area contributed by atoms with E-state index in [1.165, 1.54) is 5.56 Å². The van der Waals surface area contributed by atoms with E-state index in [2.05, 4.69) is 34.9 Å². The highest BCUT2D eigenvalue weighted by molar-refractivity contribution is 5.78. The molecule has 0 unspecified atom stereocenters. The van der Waals surface area contributed by atoms with E-state index in [1.807, 2.05) is 26.8 Å². The molecule has 0 heterocycles. The summed E-state index contributed by atoms with van der Waals surface area (Å²) in [5.74, 6) is 0.0653. The molecule has 0 bridgehead atoms. The zero-order valence-corrected chi connectivity index (χ0v) is 12.3. The van der Waals surface area contributed by atoms with E-state index in [0.29, 0.717) is 6.54 Å². The van der Waals surface area contributed by atoms with Gasteiger partial charge in [-0.25, -0.2) is 0 Å². The summed E-state index contributed by atoms with van der Waals surface area (Å²) in [6.07, 6.45) is 3.35. The van der Waals surface area contributed by atoms with Gasteiger partial charge in [-0.05, 0) is 52.1 Å². The van der Waals surface area contributed by atoms with Crippen LogP contribution in [0.4, 0.5) is 0 Å². The van der Waals surface area contributed by atoms with Gasteiger partial charge in [-0.2, -0.15) is 0 Å². The van der Waals surface area contributed by atoms with Crippen LogP contribution in [-0.2, 0) is 11.2 Å². The third-order valence-electron chi connectivity index (χ3n) is 2.71. The second-order valence-corrected chi connectivity index (χ2v) is 5.92. The van der Waals surface area contributed by atoms with Crippen LogP contribution in [0.3, 0.4) is 0 Å². The Morgan fingerprint density at radius 2 is 1.79 bits per heavy atom. The molecular weight excluding hydrogens is 236 g/mol. The maximum atomic E-state index is 11.5. The Hall–Kier alpha value is -1.35. The fourth-order valence-corrected chi connectivity index (χ4v) is 1.89. The number of rotatable bonds is 7. The molecular formula is C16H26N2O. The number of aryl methyl sites for hydroxylation is 1. The van der Waals surface area contributed by atoms with E-state index in [9.17, 15) is 4.79 Å². The smallest absolute Gasteiger partial charge is 0.234 e. The van der Waals surface area contributed by atoms with Crippen LogP contribution in [0.5, 0.6) is 0 Å². The highest BCUT2D eigenvalue weighted by atomic mass is 16.2. The second-order valence-electron chi connectivity index (χ2n) is 5.92. The monoisotopic (exact) mass is 262 g/mol. The van der Waals surface area contributed by atoms with Crippen molar-refractivity contribution in [2.45, 2.75) is 45.6 Å². The van der Waals surface area contributed by atoms with Crippen molar-refractivity contribution in [1.29, 1.82) is 0 Å². The van der Waals surface area contributed by atoms with E-state index < -0.39 is 0 Å². The Kier molecular flexibility index (Phi) is 6.57. The highest BCUT2D eigenvalue weighted by Crippen LogP contribution is 2.03. The Morgan fingerprint density at radius 1 is 1.11 bits per heavy atom. The molecule has 0 atom stereocenters. The summed E-state index contributed by atoms with van der Waals surface area (Å²) in [5.41, 5.74) is 1.24. The van der Waals surface area contributed by atoms with E-state index in [1.54, 1.807) is 0 Å². The average Bonchev–Trinajstić information content (AvgIpc) is 2.32. The van der Waals surface area contributed by atoms with Crippen molar-refractivity contribution in [3.63, 3.8) is 0 Å². The molecule has 2 N–H and O–H groups in total. The van der Waals surface area contributed by atoms with Gasteiger partial charge >= 0.3 is 0 Å². The van der Waals surface area contributed by atoms with Crippen LogP contribution in [0, 0.1) is 0 Å². The first-order valence-corrected chi connectivity index (χ1v) is 7.03. The molecule has 0 aliphatic carbocycles. The Labute approximate surface area is 116 Å². The van der Waals surface area contributed by atoms with Crippen LogP contribution in [0.25, 0.3) is 0 Å². The molecule has 0 saturated carbocycles. The lowest BCUT2D eigenvalue weighted by molar-refractivity contribution is -0.121. The molecule has 3 nitrogen and oxygen atoms in total. The lowest BCUT2D eigenvalue weighted by atomic mass is 10.1. The first-order valence-electron chi connectivity index (χ1n) is 7.03. The molecule has 0 aliphatic rings. The third-order valence-corrected chi connectivity index (χ3v) is 2.71. The van der Waals surface area contributed by atoms with Crippen molar-refractivity contribution >= 4 is 5.91 Å². The lowest BCUT2D eigenvalue weighted by Gasteiger charge is -2.20. The average molecular weight is 262 g/mol. The van der Waals surface area contributed by atoms with Crippen LogP contribution in [0.1, 0.15) is 39.2 Å². The maximum absolute atomic E-state index is 11.5. The number of benzene rings is 1. The van der Waals surface area contributed by atoms with Crippen LogP contribution in [0.2, 0.25) is 0 Å². The zero-order valence-electron chi connectivity index (χ0n) is 12.3. The van der Waals surface area contributed by atoms with Gasteiger partial charge in [-0.1, -0.05) is 30.3 Å². The van der Waals surface area contributed by atoms with E-state index in [0.717, 1.165) is 25.8 Å². The summed E-state index contributed by atoms with van der Waals surface area (Å²) in [4.78, 5) is 11.5. The molecule has 1 rings (SSSR count). The van der Waals surface area contributed by atoms with Gasteiger partial charge in [0.1, 0.15) is 0 Å². The summed E-state index contributed by atoms with van der Waals surface area (Å²) in [7, 11) is 0. The number of carbonyl (C=O) groups excluding carboxylic acids is 1. The topological polar surface area (TPSA) is 41.1 Å². The summed E-state index contributed by atoms with van der Waals surface area (Å²) in [6.45, 7) is 7.27. The molecule has 0 spiro atoms. The molecule has 1 aromatic rings. The van der Waals surface area contributed by atoms with Gasteiger partial charge in [-0.15, -0.1) is 0 Å². The predicted octanol–water partition coefficient (Wildman–Crippen LogP) is 2.51. The van der Waals surface area contributed by atoms with Gasteiger partial charge in [-0.3, -0.25) is 4.79 Å². The van der Waals surface area contributed by atoms with Crippen LogP contribution >= 0.6 is 0 Å². The fraction of sp³-hybridized carbons (Fsp3) is 0.562. The van der Waals surface area contributed by atoms with Crippen molar-refractivity contribution < 1.29 is 4.79 Å². The molecule has 0 aromatic heterocycles. The summed E-state index contributed by atoms with van der Waals surface area (Å²) >= 11 is 0. The quantitative estimate of drug-likeness (QED) is 0.741. The lowest BCUT2D eigenvalue weighted by Crippen LogP contribution is -2.44. The molecule has 1 amide bonds. The fourth-order valence-electron chi connectivity index (χ4n) is 1.89. The van der Waals surface area contributed by atoms with Gasteiger partial charge in [0, 0.05) is 5.54 Å². The number of carbonyl (C=O) groups is 1. The number of hydrogen-bond acceptors (Lipinski definition) is 2. The molecule has 0 saturated heterocycles. The number of amides is 1. The van der Waals surface area contributed by atoms with Gasteiger partial charge in [0.15, 0.2) is 0 Å². The largest absolute Gasteiger partial charge is 0.350 e. The Balaban J connectivity index is 2.01. The number of nitrogens with one attached hydrogen (secondary N) is 2. The van der Waals surface area contributed by atoms with Crippen LogP contribution in [-0.4, -0.2) is 24.5 Å². The second kappa shape index (κ2) is 7.95. The number of hydrogen-bond donors (Lipinski definition) is 2. The van der Waals surface area contributed by atoms with Crippen molar-refractivity contribution in [1.82, 2.24) is 10.6 Å². The van der Waals surface area contributed by atoms with Crippen LogP contribution in [0.15, 0.2) is 30.3 Å². The van der Waals surface area contributed by atoms with E-state index in [-0.39, 0.29) is 11.4 Å². The molecule has 106 valence electrons. The molecule has 1 aromatic carbocycles. The van der Waals surface area contributed by atoms with Crippen molar-refractivity contribution in [3.8, 4) is 0 Å². The van der Waals surface area contributed by atoms with Gasteiger partial charge in [0.05, 0.1) is 6.54 Å². The zero-order chi connectivity index (χ0) is 14.1. The van der Waals surface area contributed by atoms with Crippen LogP contribution < -0.4 is 10.6 Å². The predicted molar refractivity (Wildman–Crippen MR) is 80.1 cm³/mol. The van der Waals surface area contributed by atoms with E-state index >= 15 is 0 Å². The Bertz CT molecular complexity index is 368.